The summed E-state index contributed by atoms with van der Waals surface area (Å²) in [4.78, 5) is 4.85. The summed E-state index contributed by atoms with van der Waals surface area (Å²) in [7, 11) is 0. The number of pyridine rings is 1. The number of benzene rings is 1. The predicted molar refractivity (Wildman–Crippen MR) is 84.5 cm³/mol. The van der Waals surface area contributed by atoms with Crippen molar-refractivity contribution in [3.05, 3.63) is 40.0 Å². The van der Waals surface area contributed by atoms with Crippen LogP contribution in [0.25, 0.3) is 10.9 Å². The summed E-state index contributed by atoms with van der Waals surface area (Å²) in [5.41, 5.74) is 3.69. The number of aromatic nitrogens is 1. The largest absolute Gasteiger partial charge is 0.252 e. The van der Waals surface area contributed by atoms with Gasteiger partial charge in [0.2, 0.25) is 0 Å². The minimum atomic E-state index is 0.931. The minimum Gasteiger partial charge on any atom is -0.252 e. The highest BCUT2D eigenvalue weighted by molar-refractivity contribution is 9.10. The van der Waals surface area contributed by atoms with E-state index >= 15 is 0 Å². The molecule has 0 spiro atoms. The van der Waals surface area contributed by atoms with Gasteiger partial charge in [0, 0.05) is 9.86 Å². The van der Waals surface area contributed by atoms with Crippen molar-refractivity contribution in [2.75, 3.05) is 0 Å². The molecule has 0 amide bonds. The fourth-order valence-electron chi connectivity index (χ4n) is 3.22. The number of aryl methyl sites for hydroxylation is 2. The average Bonchev–Trinajstić information content (AvgIpc) is 2.94. The predicted octanol–water partition coefficient (Wildman–Crippen LogP) is 5.43. The van der Waals surface area contributed by atoms with Crippen molar-refractivity contribution in [1.82, 2.24) is 4.98 Å². The standard InChI is InChI=1S/C17H20BrN/c1-12-14-8-4-5-9-15(14)19-16(17(12)18)11-10-13-6-2-3-7-13/h4-5,8-9,13H,2-3,6-7,10-11H2,1H3. The van der Waals surface area contributed by atoms with Gasteiger partial charge in [-0.2, -0.15) is 0 Å². The van der Waals surface area contributed by atoms with Gasteiger partial charge in [0.25, 0.3) is 0 Å². The summed E-state index contributed by atoms with van der Waals surface area (Å²) in [6.45, 7) is 2.19. The van der Waals surface area contributed by atoms with E-state index < -0.39 is 0 Å². The van der Waals surface area contributed by atoms with Crippen LogP contribution < -0.4 is 0 Å². The van der Waals surface area contributed by atoms with Crippen molar-refractivity contribution < 1.29 is 0 Å². The van der Waals surface area contributed by atoms with E-state index in [-0.39, 0.29) is 0 Å². The summed E-state index contributed by atoms with van der Waals surface area (Å²) in [5.74, 6) is 0.931. The lowest BCUT2D eigenvalue weighted by molar-refractivity contribution is 0.500. The number of fused-ring (bicyclic) bond motifs is 1. The average molecular weight is 318 g/mol. The van der Waals surface area contributed by atoms with E-state index in [1.807, 2.05) is 0 Å². The highest BCUT2D eigenvalue weighted by atomic mass is 79.9. The summed E-state index contributed by atoms with van der Waals surface area (Å²) in [6.07, 6.45) is 8.10. The number of para-hydroxylation sites is 1. The Labute approximate surface area is 123 Å². The van der Waals surface area contributed by atoms with Crippen LogP contribution in [0.15, 0.2) is 28.7 Å². The third-order valence-electron chi connectivity index (χ3n) is 4.41. The summed E-state index contributed by atoms with van der Waals surface area (Å²) >= 11 is 3.75. The molecule has 3 rings (SSSR count). The quantitative estimate of drug-likeness (QED) is 0.735. The second-order valence-electron chi connectivity index (χ2n) is 5.70. The first kappa shape index (κ1) is 13.1. The topological polar surface area (TPSA) is 12.9 Å². The lowest BCUT2D eigenvalue weighted by Gasteiger charge is -2.12. The van der Waals surface area contributed by atoms with E-state index in [0.29, 0.717) is 0 Å². The van der Waals surface area contributed by atoms with Crippen LogP contribution in [0.3, 0.4) is 0 Å². The fourth-order valence-corrected chi connectivity index (χ4v) is 3.72. The molecule has 1 nitrogen and oxygen atoms in total. The molecule has 1 aliphatic rings. The Hall–Kier alpha value is -0.890. The number of hydrogen-bond acceptors (Lipinski definition) is 1. The van der Waals surface area contributed by atoms with Crippen LogP contribution in [-0.4, -0.2) is 4.98 Å². The SMILES string of the molecule is Cc1c(Br)c(CCC2CCCC2)nc2ccccc12. The second kappa shape index (κ2) is 5.62. The Bertz CT molecular complexity index is 585. The first-order valence-electron chi connectivity index (χ1n) is 7.29. The number of rotatable bonds is 3. The molecule has 1 saturated carbocycles. The minimum absolute atomic E-state index is 0.931. The highest BCUT2D eigenvalue weighted by Gasteiger charge is 2.16. The number of halogens is 1. The van der Waals surface area contributed by atoms with Gasteiger partial charge in [0.1, 0.15) is 0 Å². The number of hydrogen-bond donors (Lipinski definition) is 0. The van der Waals surface area contributed by atoms with Gasteiger partial charge in [-0.05, 0) is 53.2 Å². The Morgan fingerprint density at radius 2 is 1.95 bits per heavy atom. The summed E-state index contributed by atoms with van der Waals surface area (Å²) in [6, 6.07) is 8.43. The van der Waals surface area contributed by atoms with Crippen LogP contribution in [0.2, 0.25) is 0 Å². The molecule has 0 bridgehead atoms. The monoisotopic (exact) mass is 317 g/mol. The normalized spacial score (nSPS) is 16.3. The summed E-state index contributed by atoms with van der Waals surface area (Å²) in [5, 5.41) is 1.26. The van der Waals surface area contributed by atoms with E-state index in [1.54, 1.807) is 0 Å². The third kappa shape index (κ3) is 2.69. The van der Waals surface area contributed by atoms with Crippen molar-refractivity contribution in [3.8, 4) is 0 Å². The van der Waals surface area contributed by atoms with Gasteiger partial charge in [-0.1, -0.05) is 43.9 Å². The lowest BCUT2D eigenvalue weighted by Crippen LogP contribution is -2.01. The molecule has 0 N–H and O–H groups in total. The lowest BCUT2D eigenvalue weighted by atomic mass is 9.99. The molecule has 1 heterocycles. The zero-order chi connectivity index (χ0) is 13.2. The van der Waals surface area contributed by atoms with Gasteiger partial charge in [-0.15, -0.1) is 0 Å². The third-order valence-corrected chi connectivity index (χ3v) is 5.46. The van der Waals surface area contributed by atoms with E-state index in [2.05, 4.69) is 47.1 Å². The molecule has 0 unspecified atom stereocenters. The van der Waals surface area contributed by atoms with Gasteiger partial charge in [0.15, 0.2) is 0 Å². The van der Waals surface area contributed by atoms with Crippen LogP contribution in [0.4, 0.5) is 0 Å². The maximum atomic E-state index is 4.85. The van der Waals surface area contributed by atoms with E-state index in [1.165, 1.54) is 53.2 Å². The van der Waals surface area contributed by atoms with Crippen LogP contribution in [-0.2, 0) is 6.42 Å². The van der Waals surface area contributed by atoms with Crippen LogP contribution in [0, 0.1) is 12.8 Å². The van der Waals surface area contributed by atoms with Crippen molar-refractivity contribution in [2.45, 2.75) is 45.4 Å². The molecule has 0 aliphatic heterocycles. The molecule has 0 atom stereocenters. The van der Waals surface area contributed by atoms with Gasteiger partial charge >= 0.3 is 0 Å². The Morgan fingerprint density at radius 3 is 2.74 bits per heavy atom. The van der Waals surface area contributed by atoms with Crippen molar-refractivity contribution in [1.29, 1.82) is 0 Å². The zero-order valence-corrected chi connectivity index (χ0v) is 13.0. The van der Waals surface area contributed by atoms with E-state index in [0.717, 1.165) is 17.9 Å². The molecule has 1 fully saturated rings. The van der Waals surface area contributed by atoms with Crippen LogP contribution in [0.5, 0.6) is 0 Å². The van der Waals surface area contributed by atoms with Crippen molar-refractivity contribution in [3.63, 3.8) is 0 Å². The second-order valence-corrected chi connectivity index (χ2v) is 6.50. The first-order chi connectivity index (χ1) is 9.25. The zero-order valence-electron chi connectivity index (χ0n) is 11.5. The van der Waals surface area contributed by atoms with Crippen LogP contribution >= 0.6 is 15.9 Å². The Morgan fingerprint density at radius 1 is 1.21 bits per heavy atom. The molecule has 2 heteroatoms. The first-order valence-corrected chi connectivity index (χ1v) is 8.08. The molecule has 1 aromatic carbocycles. The van der Waals surface area contributed by atoms with E-state index in [9.17, 15) is 0 Å². The molecule has 1 aromatic heterocycles. The smallest absolute Gasteiger partial charge is 0.0708 e. The molecule has 1 aliphatic carbocycles. The Balaban J connectivity index is 1.88. The van der Waals surface area contributed by atoms with Crippen molar-refractivity contribution >= 4 is 26.8 Å². The van der Waals surface area contributed by atoms with Crippen molar-refractivity contribution in [2.24, 2.45) is 5.92 Å². The molecule has 19 heavy (non-hydrogen) atoms. The fraction of sp³-hybridized carbons (Fsp3) is 0.471. The van der Waals surface area contributed by atoms with E-state index in [4.69, 9.17) is 4.98 Å². The van der Waals surface area contributed by atoms with Gasteiger partial charge in [-0.3, -0.25) is 4.98 Å². The molecule has 100 valence electrons. The van der Waals surface area contributed by atoms with Gasteiger partial charge in [0.05, 0.1) is 11.2 Å². The molecular formula is C17H20BrN. The number of nitrogens with zero attached hydrogens (tertiary/aromatic N) is 1. The molecule has 0 radical (unpaired) electrons. The van der Waals surface area contributed by atoms with Crippen LogP contribution in [0.1, 0.15) is 43.4 Å². The van der Waals surface area contributed by atoms with Gasteiger partial charge in [-0.25, -0.2) is 0 Å². The van der Waals surface area contributed by atoms with Gasteiger partial charge < -0.3 is 0 Å². The molecule has 2 aromatic rings. The highest BCUT2D eigenvalue weighted by Crippen LogP contribution is 2.32. The maximum Gasteiger partial charge on any atom is 0.0708 e. The molecule has 0 saturated heterocycles. The summed E-state index contributed by atoms with van der Waals surface area (Å²) < 4.78 is 1.21. The molecular weight excluding hydrogens is 298 g/mol. The Kier molecular flexibility index (Phi) is 3.88. The maximum absolute atomic E-state index is 4.85.